The zero-order valence-electron chi connectivity index (χ0n) is 10.8. The van der Waals surface area contributed by atoms with Gasteiger partial charge in [0.2, 0.25) is 5.91 Å². The normalized spacial score (nSPS) is 16.1. The van der Waals surface area contributed by atoms with Gasteiger partial charge >= 0.3 is 6.18 Å². The highest BCUT2D eigenvalue weighted by Gasteiger charge is 2.29. The lowest BCUT2D eigenvalue weighted by Gasteiger charge is -2.27. The van der Waals surface area contributed by atoms with Crippen LogP contribution >= 0.6 is 0 Å². The number of carbonyl (C=O) groups excluding carboxylic acids is 1. The molecule has 110 valence electrons. The second-order valence-corrected chi connectivity index (χ2v) is 4.56. The van der Waals surface area contributed by atoms with Crippen LogP contribution in [-0.4, -0.2) is 43.5 Å². The minimum Gasteiger partial charge on any atom is -0.376 e. The number of rotatable bonds is 3. The fraction of sp³-hybridized carbons (Fsp3) is 0.462. The third kappa shape index (κ3) is 3.86. The van der Waals surface area contributed by atoms with Crippen molar-refractivity contribution in [2.24, 2.45) is 0 Å². The maximum absolute atomic E-state index is 12.4. The van der Waals surface area contributed by atoms with Crippen molar-refractivity contribution in [3.63, 3.8) is 0 Å². The van der Waals surface area contributed by atoms with Crippen LogP contribution in [0.25, 0.3) is 0 Å². The number of halogens is 3. The summed E-state index contributed by atoms with van der Waals surface area (Å²) in [6.45, 7) is 2.95. The first-order valence-electron chi connectivity index (χ1n) is 6.36. The second-order valence-electron chi connectivity index (χ2n) is 4.56. The lowest BCUT2D eigenvalue weighted by Crippen LogP contribution is -2.48. The van der Waals surface area contributed by atoms with E-state index in [1.54, 1.807) is 4.90 Å². The van der Waals surface area contributed by atoms with Crippen molar-refractivity contribution in [2.75, 3.05) is 38.0 Å². The number of anilines is 1. The number of piperazine rings is 1. The largest absolute Gasteiger partial charge is 0.416 e. The van der Waals surface area contributed by atoms with Crippen molar-refractivity contribution in [3.05, 3.63) is 29.8 Å². The highest BCUT2D eigenvalue weighted by atomic mass is 19.4. The third-order valence-corrected chi connectivity index (χ3v) is 3.13. The number of nitrogens with one attached hydrogen (secondary N) is 2. The number of nitrogens with zero attached hydrogens (tertiary/aromatic N) is 1. The zero-order valence-corrected chi connectivity index (χ0v) is 10.8. The summed E-state index contributed by atoms with van der Waals surface area (Å²) < 4.78 is 37.2. The number of benzene rings is 1. The van der Waals surface area contributed by atoms with E-state index in [-0.39, 0.29) is 12.5 Å². The van der Waals surface area contributed by atoms with Gasteiger partial charge in [-0.05, 0) is 24.3 Å². The van der Waals surface area contributed by atoms with Crippen molar-refractivity contribution in [1.82, 2.24) is 10.2 Å². The van der Waals surface area contributed by atoms with Crippen molar-refractivity contribution >= 4 is 11.6 Å². The van der Waals surface area contributed by atoms with Gasteiger partial charge in [-0.1, -0.05) is 0 Å². The smallest absolute Gasteiger partial charge is 0.376 e. The van der Waals surface area contributed by atoms with Crippen LogP contribution in [0.2, 0.25) is 0 Å². The van der Waals surface area contributed by atoms with Crippen LogP contribution in [0.5, 0.6) is 0 Å². The van der Waals surface area contributed by atoms with Crippen LogP contribution in [0.3, 0.4) is 0 Å². The van der Waals surface area contributed by atoms with Gasteiger partial charge in [0.1, 0.15) is 0 Å². The maximum Gasteiger partial charge on any atom is 0.416 e. The van der Waals surface area contributed by atoms with E-state index in [9.17, 15) is 18.0 Å². The Morgan fingerprint density at radius 2 is 1.80 bits per heavy atom. The molecule has 0 radical (unpaired) electrons. The summed E-state index contributed by atoms with van der Waals surface area (Å²) in [5, 5.41) is 5.98. The van der Waals surface area contributed by atoms with Crippen LogP contribution < -0.4 is 10.6 Å². The quantitative estimate of drug-likeness (QED) is 0.886. The first kappa shape index (κ1) is 14.6. The molecule has 1 heterocycles. The van der Waals surface area contributed by atoms with Crippen molar-refractivity contribution < 1.29 is 18.0 Å². The molecule has 0 spiro atoms. The molecule has 20 heavy (non-hydrogen) atoms. The van der Waals surface area contributed by atoms with Gasteiger partial charge < -0.3 is 15.5 Å². The molecule has 1 amide bonds. The van der Waals surface area contributed by atoms with Gasteiger partial charge in [0, 0.05) is 31.9 Å². The molecule has 1 saturated heterocycles. The monoisotopic (exact) mass is 287 g/mol. The molecule has 4 nitrogen and oxygen atoms in total. The molecule has 1 fully saturated rings. The van der Waals surface area contributed by atoms with Crippen molar-refractivity contribution in [2.45, 2.75) is 6.18 Å². The highest BCUT2D eigenvalue weighted by molar-refractivity contribution is 5.81. The van der Waals surface area contributed by atoms with Gasteiger partial charge in [-0.25, -0.2) is 0 Å². The van der Waals surface area contributed by atoms with Crippen LogP contribution in [0.1, 0.15) is 5.56 Å². The van der Waals surface area contributed by atoms with E-state index in [1.807, 2.05) is 0 Å². The molecule has 0 atom stereocenters. The van der Waals surface area contributed by atoms with Crippen LogP contribution in [0.4, 0.5) is 18.9 Å². The average Bonchev–Trinajstić information content (AvgIpc) is 2.45. The molecule has 2 rings (SSSR count). The van der Waals surface area contributed by atoms with Crippen LogP contribution in [-0.2, 0) is 11.0 Å². The van der Waals surface area contributed by atoms with Gasteiger partial charge in [0.05, 0.1) is 12.1 Å². The molecule has 7 heteroatoms. The summed E-state index contributed by atoms with van der Waals surface area (Å²) in [4.78, 5) is 13.6. The van der Waals surface area contributed by atoms with E-state index in [1.165, 1.54) is 12.1 Å². The third-order valence-electron chi connectivity index (χ3n) is 3.13. The van der Waals surface area contributed by atoms with E-state index in [0.29, 0.717) is 18.8 Å². The summed E-state index contributed by atoms with van der Waals surface area (Å²) in [7, 11) is 0. The van der Waals surface area contributed by atoms with E-state index in [0.717, 1.165) is 25.2 Å². The Kier molecular flexibility index (Phi) is 4.49. The maximum atomic E-state index is 12.4. The zero-order chi connectivity index (χ0) is 14.6. The average molecular weight is 287 g/mol. The molecule has 0 aliphatic carbocycles. The summed E-state index contributed by atoms with van der Waals surface area (Å²) >= 11 is 0. The molecule has 0 unspecified atom stereocenters. The number of amides is 1. The number of alkyl halides is 3. The highest BCUT2D eigenvalue weighted by Crippen LogP contribution is 2.29. The molecule has 1 aliphatic heterocycles. The Morgan fingerprint density at radius 1 is 1.20 bits per heavy atom. The Hall–Kier alpha value is -1.76. The summed E-state index contributed by atoms with van der Waals surface area (Å²) in [5.74, 6) is -0.0496. The lowest BCUT2D eigenvalue weighted by molar-refractivity contribution is -0.137. The van der Waals surface area contributed by atoms with E-state index >= 15 is 0 Å². The van der Waals surface area contributed by atoms with E-state index in [4.69, 9.17) is 0 Å². The first-order valence-corrected chi connectivity index (χ1v) is 6.36. The Morgan fingerprint density at radius 3 is 2.35 bits per heavy atom. The molecule has 0 bridgehead atoms. The van der Waals surface area contributed by atoms with Crippen molar-refractivity contribution in [3.8, 4) is 0 Å². The van der Waals surface area contributed by atoms with Gasteiger partial charge in [-0.3, -0.25) is 4.79 Å². The summed E-state index contributed by atoms with van der Waals surface area (Å²) in [5.41, 5.74) is -0.196. The minimum atomic E-state index is -4.34. The van der Waals surface area contributed by atoms with E-state index < -0.39 is 11.7 Å². The Balaban J connectivity index is 1.86. The predicted octanol–water partition coefficient (Wildman–Crippen LogP) is 1.55. The fourth-order valence-electron chi connectivity index (χ4n) is 1.98. The molecule has 1 aromatic rings. The fourth-order valence-corrected chi connectivity index (χ4v) is 1.98. The standard InChI is InChI=1S/C13H16F3N3O/c14-13(15,16)10-1-3-11(4-2-10)18-9-12(20)19-7-5-17-6-8-19/h1-4,17-18H,5-9H2. The predicted molar refractivity (Wildman–Crippen MR) is 69.4 cm³/mol. The summed E-state index contributed by atoms with van der Waals surface area (Å²) in [6.07, 6.45) is -4.34. The van der Waals surface area contributed by atoms with Gasteiger partial charge in [0.15, 0.2) is 0 Å². The Bertz CT molecular complexity index is 453. The second kappa shape index (κ2) is 6.13. The molecule has 1 aliphatic rings. The molecule has 1 aromatic carbocycles. The molecule has 2 N–H and O–H groups in total. The molecular weight excluding hydrogens is 271 g/mol. The molecular formula is C13H16F3N3O. The van der Waals surface area contributed by atoms with Gasteiger partial charge in [-0.15, -0.1) is 0 Å². The Labute approximate surface area is 114 Å². The van der Waals surface area contributed by atoms with Crippen LogP contribution in [0.15, 0.2) is 24.3 Å². The van der Waals surface area contributed by atoms with Gasteiger partial charge in [-0.2, -0.15) is 13.2 Å². The van der Waals surface area contributed by atoms with Crippen molar-refractivity contribution in [1.29, 1.82) is 0 Å². The topological polar surface area (TPSA) is 44.4 Å². The molecule has 0 saturated carbocycles. The van der Waals surface area contributed by atoms with Crippen LogP contribution in [0, 0.1) is 0 Å². The SMILES string of the molecule is O=C(CNc1ccc(C(F)(F)F)cc1)N1CCNCC1. The van der Waals surface area contributed by atoms with E-state index in [2.05, 4.69) is 10.6 Å². The number of hydrogen-bond acceptors (Lipinski definition) is 3. The van der Waals surface area contributed by atoms with Gasteiger partial charge in [0.25, 0.3) is 0 Å². The number of carbonyl (C=O) groups is 1. The summed E-state index contributed by atoms with van der Waals surface area (Å²) in [6, 6.07) is 4.65. The molecule has 0 aromatic heterocycles. The lowest BCUT2D eigenvalue weighted by atomic mass is 10.2. The minimum absolute atomic E-state index is 0.0496. The first-order chi connectivity index (χ1) is 9.47. The number of hydrogen-bond donors (Lipinski definition) is 2.